The molecule has 1 aromatic rings. The summed E-state index contributed by atoms with van der Waals surface area (Å²) in [5, 5.41) is 0. The van der Waals surface area contributed by atoms with E-state index in [-0.39, 0.29) is 17.5 Å². The first-order chi connectivity index (χ1) is 9.72. The van der Waals surface area contributed by atoms with E-state index >= 15 is 0 Å². The Morgan fingerprint density at radius 1 is 1.40 bits per heavy atom. The summed E-state index contributed by atoms with van der Waals surface area (Å²) in [5.74, 6) is 6.06. The van der Waals surface area contributed by atoms with Crippen LogP contribution in [0.1, 0.15) is 37.7 Å². The summed E-state index contributed by atoms with van der Waals surface area (Å²) in [6.07, 6.45) is 6.30. The third-order valence-corrected chi connectivity index (χ3v) is 4.98. The summed E-state index contributed by atoms with van der Waals surface area (Å²) >= 11 is 0. The number of nitrogens with two attached hydrogens (primary N) is 1. The van der Waals surface area contributed by atoms with Gasteiger partial charge in [-0.2, -0.15) is 0 Å². The first-order valence-corrected chi connectivity index (χ1v) is 7.56. The Morgan fingerprint density at radius 2 is 2.20 bits per heavy atom. The predicted octanol–water partition coefficient (Wildman–Crippen LogP) is 2.55. The van der Waals surface area contributed by atoms with Crippen molar-refractivity contribution in [1.82, 2.24) is 5.43 Å². The Kier molecular flexibility index (Phi) is 4.06. The number of hydrogen-bond donors (Lipinski definition) is 2. The summed E-state index contributed by atoms with van der Waals surface area (Å²) in [5.41, 5.74) is 3.76. The fourth-order valence-electron chi connectivity index (χ4n) is 3.59. The second-order valence-corrected chi connectivity index (χ2v) is 6.21. The van der Waals surface area contributed by atoms with Gasteiger partial charge in [-0.25, -0.2) is 4.39 Å². The Morgan fingerprint density at radius 3 is 2.85 bits per heavy atom. The van der Waals surface area contributed by atoms with Crippen LogP contribution in [0.3, 0.4) is 0 Å². The highest BCUT2D eigenvalue weighted by atomic mass is 19.1. The second-order valence-electron chi connectivity index (χ2n) is 6.21. The van der Waals surface area contributed by atoms with Crippen molar-refractivity contribution < 1.29 is 9.13 Å². The molecule has 2 unspecified atom stereocenters. The molecular formula is C16H23FN2O. The zero-order valence-corrected chi connectivity index (χ0v) is 11.8. The summed E-state index contributed by atoms with van der Waals surface area (Å²) in [4.78, 5) is 0. The van der Waals surface area contributed by atoms with Crippen LogP contribution in [0, 0.1) is 11.7 Å². The van der Waals surface area contributed by atoms with E-state index in [1.165, 1.54) is 25.3 Å². The lowest BCUT2D eigenvalue weighted by Crippen LogP contribution is -2.52. The molecule has 2 atom stereocenters. The van der Waals surface area contributed by atoms with Crippen LogP contribution in [-0.4, -0.2) is 18.2 Å². The van der Waals surface area contributed by atoms with Gasteiger partial charge in [-0.05, 0) is 56.1 Å². The minimum absolute atomic E-state index is 0.104. The molecule has 0 amide bonds. The minimum atomic E-state index is -0.141. The van der Waals surface area contributed by atoms with Gasteiger partial charge in [-0.1, -0.05) is 18.2 Å². The molecular weight excluding hydrogens is 255 g/mol. The van der Waals surface area contributed by atoms with Crippen LogP contribution < -0.4 is 11.3 Å². The lowest BCUT2D eigenvalue weighted by Gasteiger charge is -2.48. The van der Waals surface area contributed by atoms with Crippen molar-refractivity contribution in [2.24, 2.45) is 11.8 Å². The molecule has 2 aliphatic rings. The Labute approximate surface area is 119 Å². The van der Waals surface area contributed by atoms with Crippen molar-refractivity contribution in [3.63, 3.8) is 0 Å². The van der Waals surface area contributed by atoms with Crippen LogP contribution in [0.4, 0.5) is 4.39 Å². The van der Waals surface area contributed by atoms with E-state index in [4.69, 9.17) is 10.6 Å². The lowest BCUT2D eigenvalue weighted by atomic mass is 9.70. The van der Waals surface area contributed by atoms with Gasteiger partial charge in [0, 0.05) is 12.6 Å². The molecule has 4 heteroatoms. The Hall–Kier alpha value is -0.970. The molecule has 0 radical (unpaired) electrons. The molecule has 0 bridgehead atoms. The number of hydrogen-bond acceptors (Lipinski definition) is 3. The van der Waals surface area contributed by atoms with E-state index in [9.17, 15) is 4.39 Å². The number of ether oxygens (including phenoxy) is 1. The normalized spacial score (nSPS) is 26.2. The third kappa shape index (κ3) is 2.73. The molecule has 0 aromatic heterocycles. The largest absolute Gasteiger partial charge is 0.375 e. The molecule has 1 saturated carbocycles. The van der Waals surface area contributed by atoms with Gasteiger partial charge in [-0.15, -0.1) is 0 Å². The van der Waals surface area contributed by atoms with Gasteiger partial charge < -0.3 is 4.74 Å². The van der Waals surface area contributed by atoms with Crippen LogP contribution >= 0.6 is 0 Å². The number of hydrazine groups is 1. The van der Waals surface area contributed by atoms with Gasteiger partial charge >= 0.3 is 0 Å². The van der Waals surface area contributed by atoms with E-state index < -0.39 is 0 Å². The summed E-state index contributed by atoms with van der Waals surface area (Å²) in [6.45, 7) is 0.806. The van der Waals surface area contributed by atoms with E-state index in [1.54, 1.807) is 6.07 Å². The summed E-state index contributed by atoms with van der Waals surface area (Å²) < 4.78 is 19.7. The van der Waals surface area contributed by atoms with Crippen molar-refractivity contribution >= 4 is 0 Å². The molecule has 1 spiro atoms. The maximum atomic E-state index is 13.8. The first-order valence-electron chi connectivity index (χ1n) is 7.56. The highest BCUT2D eigenvalue weighted by Crippen LogP contribution is 2.45. The summed E-state index contributed by atoms with van der Waals surface area (Å²) in [7, 11) is 0. The molecule has 3 N–H and O–H groups in total. The Bertz CT molecular complexity index is 462. The quantitative estimate of drug-likeness (QED) is 0.657. The maximum absolute atomic E-state index is 13.8. The smallest absolute Gasteiger partial charge is 0.126 e. The number of nitrogens with one attached hydrogen (secondary N) is 1. The van der Waals surface area contributed by atoms with Crippen LogP contribution in [-0.2, 0) is 11.2 Å². The van der Waals surface area contributed by atoms with E-state index in [2.05, 4.69) is 5.43 Å². The number of rotatable bonds is 4. The zero-order valence-electron chi connectivity index (χ0n) is 11.8. The van der Waals surface area contributed by atoms with Crippen LogP contribution in [0.2, 0.25) is 0 Å². The van der Waals surface area contributed by atoms with Crippen molar-refractivity contribution in [2.45, 2.75) is 50.2 Å². The van der Waals surface area contributed by atoms with Gasteiger partial charge in [0.25, 0.3) is 0 Å². The second kappa shape index (κ2) is 5.80. The molecule has 3 nitrogen and oxygen atoms in total. The molecule has 2 fully saturated rings. The van der Waals surface area contributed by atoms with E-state index in [0.717, 1.165) is 25.0 Å². The van der Waals surface area contributed by atoms with Crippen molar-refractivity contribution in [2.75, 3.05) is 6.61 Å². The average molecular weight is 278 g/mol. The zero-order chi connectivity index (χ0) is 14.0. The van der Waals surface area contributed by atoms with Crippen LogP contribution in [0.15, 0.2) is 24.3 Å². The fourth-order valence-corrected chi connectivity index (χ4v) is 3.59. The topological polar surface area (TPSA) is 47.3 Å². The first kappa shape index (κ1) is 14.0. The van der Waals surface area contributed by atoms with Crippen molar-refractivity contribution in [3.8, 4) is 0 Å². The van der Waals surface area contributed by atoms with Gasteiger partial charge in [0.05, 0.1) is 5.60 Å². The lowest BCUT2D eigenvalue weighted by molar-refractivity contribution is -0.147. The molecule has 1 saturated heterocycles. The monoisotopic (exact) mass is 278 g/mol. The molecule has 1 heterocycles. The molecule has 20 heavy (non-hydrogen) atoms. The summed E-state index contributed by atoms with van der Waals surface area (Å²) in [6, 6.07) is 7.08. The standard InChI is InChI=1S/C16H23FN2O/c17-14-5-2-1-4-12(14)10-15(19-18)13-6-9-20-16(11-13)7-3-8-16/h1-2,4-5,13,15,19H,3,6-11,18H2. The molecule has 1 aromatic carbocycles. The van der Waals surface area contributed by atoms with Gasteiger partial charge in [0.15, 0.2) is 0 Å². The third-order valence-electron chi connectivity index (χ3n) is 4.98. The minimum Gasteiger partial charge on any atom is -0.375 e. The SMILES string of the molecule is NNC(Cc1ccccc1F)C1CCOC2(CCC2)C1. The Balaban J connectivity index is 1.68. The van der Waals surface area contributed by atoms with Crippen molar-refractivity contribution in [3.05, 3.63) is 35.6 Å². The highest BCUT2D eigenvalue weighted by Gasteiger charge is 2.44. The van der Waals surface area contributed by atoms with Crippen LogP contribution in [0.5, 0.6) is 0 Å². The van der Waals surface area contributed by atoms with E-state index in [0.29, 0.717) is 12.3 Å². The molecule has 3 rings (SSSR count). The average Bonchev–Trinajstić information content (AvgIpc) is 2.45. The maximum Gasteiger partial charge on any atom is 0.126 e. The molecule has 1 aliphatic heterocycles. The van der Waals surface area contributed by atoms with E-state index in [1.807, 2.05) is 12.1 Å². The highest BCUT2D eigenvalue weighted by molar-refractivity contribution is 5.18. The number of benzene rings is 1. The van der Waals surface area contributed by atoms with Gasteiger partial charge in [0.1, 0.15) is 5.82 Å². The predicted molar refractivity (Wildman–Crippen MR) is 76.5 cm³/mol. The van der Waals surface area contributed by atoms with Crippen LogP contribution in [0.25, 0.3) is 0 Å². The fraction of sp³-hybridized carbons (Fsp3) is 0.625. The van der Waals surface area contributed by atoms with Crippen molar-refractivity contribution in [1.29, 1.82) is 0 Å². The number of halogens is 1. The molecule has 110 valence electrons. The van der Waals surface area contributed by atoms with Gasteiger partial charge in [-0.3, -0.25) is 11.3 Å². The molecule has 1 aliphatic carbocycles. The van der Waals surface area contributed by atoms with Gasteiger partial charge in [0.2, 0.25) is 0 Å².